The summed E-state index contributed by atoms with van der Waals surface area (Å²) in [6.07, 6.45) is 1.90. The Labute approximate surface area is 148 Å². The molecule has 3 N–H and O–H groups in total. The molecule has 0 aliphatic rings. The molecule has 0 bridgehead atoms. The third kappa shape index (κ3) is 5.87. The highest BCUT2D eigenvalue weighted by atomic mass is 19.1. The number of carboxylic acids is 1. The zero-order valence-corrected chi connectivity index (χ0v) is 14.0. The molecule has 26 heavy (non-hydrogen) atoms. The summed E-state index contributed by atoms with van der Waals surface area (Å²) in [6, 6.07) is 5.80. The van der Waals surface area contributed by atoms with Crippen LogP contribution in [-0.4, -0.2) is 53.7 Å². The zero-order valence-electron chi connectivity index (χ0n) is 14.0. The van der Waals surface area contributed by atoms with Gasteiger partial charge in [-0.2, -0.15) is 0 Å². The highest BCUT2D eigenvalue weighted by Gasteiger charge is 2.14. The summed E-state index contributed by atoms with van der Waals surface area (Å²) in [7, 11) is 1.65. The van der Waals surface area contributed by atoms with Gasteiger partial charge in [0, 0.05) is 19.0 Å². The van der Waals surface area contributed by atoms with Gasteiger partial charge in [-0.25, -0.2) is 9.07 Å². The first kappa shape index (κ1) is 19.4. The third-order valence-corrected chi connectivity index (χ3v) is 3.49. The molecule has 1 heterocycles. The fraction of sp³-hybridized carbons (Fsp3) is 0.294. The standard InChI is InChI=1S/C17H19FN4O4/c1-22-17(19-20-21-22)12(8-11-2-5-13(18)6-3-11)4-7-14(23)9-15(24)10-16(25)26/h2-8,14-15,23-24H,9-10H2,1H3,(H,25,26)/b7-4+,12-8-. The Morgan fingerprint density at radius 3 is 2.58 bits per heavy atom. The minimum atomic E-state index is -1.16. The maximum atomic E-state index is 13.1. The van der Waals surface area contributed by atoms with Crippen molar-refractivity contribution in [3.63, 3.8) is 0 Å². The molecule has 0 amide bonds. The fourth-order valence-corrected chi connectivity index (χ4v) is 2.26. The van der Waals surface area contributed by atoms with E-state index in [1.165, 1.54) is 22.9 Å². The zero-order chi connectivity index (χ0) is 19.1. The van der Waals surface area contributed by atoms with Crippen molar-refractivity contribution in [2.45, 2.75) is 25.0 Å². The Balaban J connectivity index is 2.20. The van der Waals surface area contributed by atoms with Crippen LogP contribution in [0, 0.1) is 5.82 Å². The number of rotatable bonds is 8. The first-order valence-electron chi connectivity index (χ1n) is 7.81. The van der Waals surface area contributed by atoms with Gasteiger partial charge in [0.15, 0.2) is 5.82 Å². The molecule has 0 aliphatic carbocycles. The van der Waals surface area contributed by atoms with Gasteiger partial charge in [-0.15, -0.1) is 5.10 Å². The quantitative estimate of drug-likeness (QED) is 0.600. The van der Waals surface area contributed by atoms with E-state index in [1.54, 1.807) is 31.3 Å². The van der Waals surface area contributed by atoms with Gasteiger partial charge in [0.05, 0.1) is 18.6 Å². The average molecular weight is 362 g/mol. The minimum Gasteiger partial charge on any atom is -0.481 e. The molecule has 0 saturated heterocycles. The second-order valence-electron chi connectivity index (χ2n) is 5.69. The third-order valence-electron chi connectivity index (χ3n) is 3.49. The van der Waals surface area contributed by atoms with Crippen LogP contribution in [0.4, 0.5) is 4.39 Å². The molecule has 1 aromatic heterocycles. The summed E-state index contributed by atoms with van der Waals surface area (Å²) in [6.45, 7) is 0. The van der Waals surface area contributed by atoms with E-state index >= 15 is 0 Å². The SMILES string of the molecule is Cn1nnnc1C(=C\c1ccc(F)cc1)/C=C/C(O)CC(O)CC(=O)O. The number of allylic oxidation sites excluding steroid dienone is 2. The van der Waals surface area contributed by atoms with Crippen molar-refractivity contribution < 1.29 is 24.5 Å². The van der Waals surface area contributed by atoms with Crippen molar-refractivity contribution in [3.05, 3.63) is 53.6 Å². The number of aliphatic hydroxyl groups is 2. The maximum absolute atomic E-state index is 13.1. The summed E-state index contributed by atoms with van der Waals surface area (Å²) in [5, 5.41) is 39.4. The van der Waals surface area contributed by atoms with E-state index in [1.807, 2.05) is 0 Å². The minimum absolute atomic E-state index is 0.121. The smallest absolute Gasteiger partial charge is 0.305 e. The lowest BCUT2D eigenvalue weighted by Crippen LogP contribution is -2.19. The van der Waals surface area contributed by atoms with Gasteiger partial charge in [-0.05, 0) is 34.2 Å². The molecule has 2 rings (SSSR count). The number of hydrogen-bond acceptors (Lipinski definition) is 6. The Morgan fingerprint density at radius 2 is 2.00 bits per heavy atom. The summed E-state index contributed by atoms with van der Waals surface area (Å²) in [4.78, 5) is 10.6. The number of aliphatic hydroxyl groups excluding tert-OH is 2. The van der Waals surface area contributed by atoms with E-state index in [4.69, 9.17) is 5.11 Å². The van der Waals surface area contributed by atoms with Gasteiger partial charge in [0.25, 0.3) is 0 Å². The van der Waals surface area contributed by atoms with E-state index in [9.17, 15) is 19.4 Å². The lowest BCUT2D eigenvalue weighted by molar-refractivity contribution is -0.139. The Morgan fingerprint density at radius 1 is 1.31 bits per heavy atom. The van der Waals surface area contributed by atoms with E-state index in [0.717, 1.165) is 0 Å². The van der Waals surface area contributed by atoms with E-state index < -0.39 is 24.6 Å². The van der Waals surface area contributed by atoms with Crippen molar-refractivity contribution in [1.29, 1.82) is 0 Å². The van der Waals surface area contributed by atoms with Crippen molar-refractivity contribution >= 4 is 17.6 Å². The molecule has 8 nitrogen and oxygen atoms in total. The molecular formula is C17H19FN4O4. The van der Waals surface area contributed by atoms with Crippen LogP contribution in [0.3, 0.4) is 0 Å². The molecule has 2 atom stereocenters. The van der Waals surface area contributed by atoms with Crippen molar-refractivity contribution in [3.8, 4) is 0 Å². The van der Waals surface area contributed by atoms with E-state index in [-0.39, 0.29) is 12.2 Å². The summed E-state index contributed by atoms with van der Waals surface area (Å²) in [5.74, 6) is -1.08. The molecule has 138 valence electrons. The molecule has 2 unspecified atom stereocenters. The number of aryl methyl sites for hydroxylation is 1. The van der Waals surface area contributed by atoms with Gasteiger partial charge in [0.2, 0.25) is 0 Å². The van der Waals surface area contributed by atoms with Gasteiger partial charge in [-0.3, -0.25) is 4.79 Å². The summed E-state index contributed by atoms with van der Waals surface area (Å²) >= 11 is 0. The van der Waals surface area contributed by atoms with Crippen LogP contribution in [-0.2, 0) is 11.8 Å². The molecule has 0 fully saturated rings. The van der Waals surface area contributed by atoms with Crippen molar-refractivity contribution in [2.24, 2.45) is 7.05 Å². The Bertz CT molecular complexity index is 801. The number of hydrogen-bond donors (Lipinski definition) is 3. The van der Waals surface area contributed by atoms with Crippen LogP contribution >= 0.6 is 0 Å². The first-order valence-corrected chi connectivity index (χ1v) is 7.81. The van der Waals surface area contributed by atoms with Gasteiger partial charge in [0.1, 0.15) is 5.82 Å². The normalized spacial score (nSPS) is 14.5. The molecule has 0 saturated carbocycles. The van der Waals surface area contributed by atoms with Crippen LogP contribution in [0.2, 0.25) is 0 Å². The predicted octanol–water partition coefficient (Wildman–Crippen LogP) is 1.03. The average Bonchev–Trinajstić information content (AvgIpc) is 2.98. The number of aromatic nitrogens is 4. The number of benzene rings is 1. The molecule has 9 heteroatoms. The lowest BCUT2D eigenvalue weighted by Gasteiger charge is -2.11. The van der Waals surface area contributed by atoms with Crippen LogP contribution in [0.1, 0.15) is 24.2 Å². The second kappa shape index (κ2) is 8.97. The molecule has 2 aromatic rings. The largest absolute Gasteiger partial charge is 0.481 e. The Hall–Kier alpha value is -2.91. The van der Waals surface area contributed by atoms with Crippen molar-refractivity contribution in [1.82, 2.24) is 20.2 Å². The maximum Gasteiger partial charge on any atom is 0.305 e. The molecule has 0 aliphatic heterocycles. The van der Waals surface area contributed by atoms with Crippen LogP contribution in [0.15, 0.2) is 36.4 Å². The monoisotopic (exact) mass is 362 g/mol. The van der Waals surface area contributed by atoms with Crippen LogP contribution < -0.4 is 0 Å². The number of halogens is 1. The topological polar surface area (TPSA) is 121 Å². The fourth-order valence-electron chi connectivity index (χ4n) is 2.26. The highest BCUT2D eigenvalue weighted by Crippen LogP contribution is 2.18. The molecular weight excluding hydrogens is 343 g/mol. The van der Waals surface area contributed by atoms with Gasteiger partial charge < -0.3 is 15.3 Å². The first-order chi connectivity index (χ1) is 12.3. The number of carboxylic acid groups (broad SMARTS) is 1. The highest BCUT2D eigenvalue weighted by molar-refractivity contribution is 5.84. The molecule has 0 radical (unpaired) electrons. The number of nitrogens with zero attached hydrogens (tertiary/aromatic N) is 4. The van der Waals surface area contributed by atoms with E-state index in [0.29, 0.717) is 17.0 Å². The number of tetrazole rings is 1. The van der Waals surface area contributed by atoms with Gasteiger partial charge in [-0.1, -0.05) is 24.3 Å². The lowest BCUT2D eigenvalue weighted by atomic mass is 10.1. The summed E-state index contributed by atoms with van der Waals surface area (Å²) < 4.78 is 14.5. The molecule has 1 aromatic carbocycles. The van der Waals surface area contributed by atoms with Crippen LogP contribution in [0.25, 0.3) is 11.6 Å². The van der Waals surface area contributed by atoms with E-state index in [2.05, 4.69) is 15.5 Å². The second-order valence-corrected chi connectivity index (χ2v) is 5.69. The van der Waals surface area contributed by atoms with Crippen LogP contribution in [0.5, 0.6) is 0 Å². The number of aliphatic carboxylic acids is 1. The summed E-state index contributed by atoms with van der Waals surface area (Å²) in [5.41, 5.74) is 1.25. The Kier molecular flexibility index (Phi) is 6.70. The predicted molar refractivity (Wildman–Crippen MR) is 91.1 cm³/mol. The molecule has 0 spiro atoms. The van der Waals surface area contributed by atoms with Crippen molar-refractivity contribution in [2.75, 3.05) is 0 Å². The number of carbonyl (C=O) groups is 1. The van der Waals surface area contributed by atoms with Gasteiger partial charge >= 0.3 is 5.97 Å².